The maximum absolute atomic E-state index is 13.5. The van der Waals surface area contributed by atoms with Crippen molar-refractivity contribution in [3.05, 3.63) is 72.1 Å². The van der Waals surface area contributed by atoms with E-state index in [1.807, 2.05) is 40.8 Å². The van der Waals surface area contributed by atoms with Gasteiger partial charge in [0.1, 0.15) is 5.69 Å². The molecule has 1 aromatic carbocycles. The first kappa shape index (κ1) is 20.9. The standard InChI is InChI=1S/C26H30N4O2/c1-18-21(10-5-12-28-18)23-9-4-3-8-22(23)19(2)30-17-27-15-24(30)26(31)29-13-11-20-7-6-14-32-25(20)16-29/h3-5,8-10,12,15,17,19-20,25H,6-7,11,13-14,16H2,1-2H3/t19-,20?,25+/m0/s1. The fraction of sp³-hybridized carbons (Fsp3) is 0.423. The van der Waals surface area contributed by atoms with Crippen molar-refractivity contribution < 1.29 is 9.53 Å². The van der Waals surface area contributed by atoms with Crippen LogP contribution in [0.5, 0.6) is 0 Å². The van der Waals surface area contributed by atoms with Crippen LogP contribution in [0.2, 0.25) is 0 Å². The lowest BCUT2D eigenvalue weighted by molar-refractivity contribution is -0.0629. The van der Waals surface area contributed by atoms with Crippen molar-refractivity contribution in [2.45, 2.75) is 45.3 Å². The lowest BCUT2D eigenvalue weighted by atomic mass is 9.87. The third kappa shape index (κ3) is 3.84. The minimum absolute atomic E-state index is 0.0389. The van der Waals surface area contributed by atoms with Gasteiger partial charge in [0.05, 0.1) is 24.7 Å². The molecule has 5 rings (SSSR count). The molecule has 32 heavy (non-hydrogen) atoms. The molecule has 0 saturated carbocycles. The van der Waals surface area contributed by atoms with Gasteiger partial charge in [0.15, 0.2) is 0 Å². The van der Waals surface area contributed by atoms with E-state index in [1.165, 1.54) is 6.42 Å². The van der Waals surface area contributed by atoms with Crippen LogP contribution in [-0.4, -0.2) is 51.1 Å². The summed E-state index contributed by atoms with van der Waals surface area (Å²) in [7, 11) is 0. The minimum Gasteiger partial charge on any atom is -0.376 e. The molecule has 6 nitrogen and oxygen atoms in total. The Kier molecular flexibility index (Phi) is 5.79. The Labute approximate surface area is 189 Å². The summed E-state index contributed by atoms with van der Waals surface area (Å²) < 4.78 is 7.98. The van der Waals surface area contributed by atoms with Gasteiger partial charge >= 0.3 is 0 Å². The van der Waals surface area contributed by atoms with E-state index in [2.05, 4.69) is 35.1 Å². The number of amides is 1. The highest BCUT2D eigenvalue weighted by molar-refractivity contribution is 5.92. The first-order valence-corrected chi connectivity index (χ1v) is 11.6. The number of aryl methyl sites for hydroxylation is 1. The fourth-order valence-electron chi connectivity index (χ4n) is 5.22. The van der Waals surface area contributed by atoms with Gasteiger partial charge in [-0.15, -0.1) is 0 Å². The van der Waals surface area contributed by atoms with Gasteiger partial charge in [-0.1, -0.05) is 30.3 Å². The molecule has 2 aromatic heterocycles. The van der Waals surface area contributed by atoms with Crippen LogP contribution in [-0.2, 0) is 4.74 Å². The molecule has 3 aromatic rings. The highest BCUT2D eigenvalue weighted by atomic mass is 16.5. The average Bonchev–Trinajstić information content (AvgIpc) is 3.33. The molecule has 0 aliphatic carbocycles. The molecular formula is C26H30N4O2. The Hall–Kier alpha value is -2.99. The number of carbonyl (C=O) groups excluding carboxylic acids is 1. The van der Waals surface area contributed by atoms with E-state index in [1.54, 1.807) is 12.5 Å². The quantitative estimate of drug-likeness (QED) is 0.611. The van der Waals surface area contributed by atoms with Gasteiger partial charge < -0.3 is 14.2 Å². The van der Waals surface area contributed by atoms with Crippen molar-refractivity contribution in [2.75, 3.05) is 19.7 Å². The highest BCUT2D eigenvalue weighted by Crippen LogP contribution is 2.33. The zero-order valence-corrected chi connectivity index (χ0v) is 18.8. The van der Waals surface area contributed by atoms with Crippen LogP contribution in [0.3, 0.4) is 0 Å². The Morgan fingerprint density at radius 2 is 2.00 bits per heavy atom. The number of hydrogen-bond acceptors (Lipinski definition) is 4. The number of ether oxygens (including phenoxy) is 1. The number of aromatic nitrogens is 3. The summed E-state index contributed by atoms with van der Waals surface area (Å²) in [6.07, 6.45) is 8.82. The molecule has 6 heteroatoms. The topological polar surface area (TPSA) is 60.2 Å². The lowest BCUT2D eigenvalue weighted by Gasteiger charge is -2.41. The van der Waals surface area contributed by atoms with Crippen LogP contribution in [0.1, 0.15) is 54.0 Å². The molecule has 0 bridgehead atoms. The first-order chi connectivity index (χ1) is 15.6. The third-order valence-electron chi connectivity index (χ3n) is 7.04. The van der Waals surface area contributed by atoms with Crippen LogP contribution in [0.4, 0.5) is 0 Å². The maximum Gasteiger partial charge on any atom is 0.272 e. The van der Waals surface area contributed by atoms with Gasteiger partial charge in [-0.05, 0) is 56.2 Å². The van der Waals surface area contributed by atoms with Gasteiger partial charge in [0.25, 0.3) is 5.91 Å². The smallest absolute Gasteiger partial charge is 0.272 e. The average molecular weight is 431 g/mol. The molecule has 0 N–H and O–H groups in total. The molecule has 1 amide bonds. The molecule has 2 aliphatic rings. The van der Waals surface area contributed by atoms with E-state index >= 15 is 0 Å². The Bertz CT molecular complexity index is 1110. The summed E-state index contributed by atoms with van der Waals surface area (Å²) in [6.45, 7) is 6.42. The number of pyridine rings is 1. The lowest BCUT2D eigenvalue weighted by Crippen LogP contribution is -2.49. The van der Waals surface area contributed by atoms with E-state index in [4.69, 9.17) is 4.74 Å². The van der Waals surface area contributed by atoms with Crippen molar-refractivity contribution in [3.8, 4) is 11.1 Å². The number of fused-ring (bicyclic) bond motifs is 1. The number of carbonyl (C=O) groups is 1. The monoisotopic (exact) mass is 430 g/mol. The highest BCUT2D eigenvalue weighted by Gasteiger charge is 2.35. The maximum atomic E-state index is 13.5. The minimum atomic E-state index is -0.0456. The predicted octanol–water partition coefficient (Wildman–Crippen LogP) is 4.50. The SMILES string of the molecule is Cc1ncccc1-c1ccccc1[C@H](C)n1cncc1C(=O)N1CCC2CCCO[C@@H]2C1. The number of piperidine rings is 1. The van der Waals surface area contributed by atoms with E-state index < -0.39 is 0 Å². The Morgan fingerprint density at radius 3 is 2.88 bits per heavy atom. The van der Waals surface area contributed by atoms with Gasteiger partial charge in [-0.25, -0.2) is 4.98 Å². The molecule has 4 heterocycles. The zero-order valence-electron chi connectivity index (χ0n) is 18.8. The summed E-state index contributed by atoms with van der Waals surface area (Å²) in [4.78, 5) is 24.3. The van der Waals surface area contributed by atoms with Crippen LogP contribution < -0.4 is 0 Å². The zero-order chi connectivity index (χ0) is 22.1. The molecule has 166 valence electrons. The second-order valence-electron chi connectivity index (χ2n) is 8.94. The largest absolute Gasteiger partial charge is 0.376 e. The van der Waals surface area contributed by atoms with Crippen molar-refractivity contribution in [3.63, 3.8) is 0 Å². The van der Waals surface area contributed by atoms with Crippen LogP contribution in [0.15, 0.2) is 55.1 Å². The van der Waals surface area contributed by atoms with Gasteiger partial charge in [0.2, 0.25) is 0 Å². The third-order valence-corrected chi connectivity index (χ3v) is 7.04. The fourth-order valence-corrected chi connectivity index (χ4v) is 5.22. The molecule has 2 fully saturated rings. The van der Waals surface area contributed by atoms with Gasteiger partial charge in [0, 0.05) is 37.2 Å². The molecule has 1 unspecified atom stereocenters. The first-order valence-electron chi connectivity index (χ1n) is 11.6. The number of benzene rings is 1. The predicted molar refractivity (Wildman–Crippen MR) is 123 cm³/mol. The Balaban J connectivity index is 1.43. The van der Waals surface area contributed by atoms with Crippen LogP contribution >= 0.6 is 0 Å². The molecule has 0 radical (unpaired) electrons. The van der Waals surface area contributed by atoms with E-state index in [0.717, 1.165) is 48.4 Å². The number of imidazole rings is 1. The second kappa shape index (κ2) is 8.87. The number of likely N-dealkylation sites (tertiary alicyclic amines) is 1. The number of nitrogens with zero attached hydrogens (tertiary/aromatic N) is 4. The van der Waals surface area contributed by atoms with Crippen LogP contribution in [0.25, 0.3) is 11.1 Å². The number of rotatable bonds is 4. The van der Waals surface area contributed by atoms with Crippen molar-refractivity contribution in [1.29, 1.82) is 0 Å². The normalized spacial score (nSPS) is 21.8. The van der Waals surface area contributed by atoms with Gasteiger partial charge in [-0.2, -0.15) is 0 Å². The summed E-state index contributed by atoms with van der Waals surface area (Å²) >= 11 is 0. The van der Waals surface area contributed by atoms with Gasteiger partial charge in [-0.3, -0.25) is 9.78 Å². The number of hydrogen-bond donors (Lipinski definition) is 0. The van der Waals surface area contributed by atoms with Crippen molar-refractivity contribution in [2.24, 2.45) is 5.92 Å². The Morgan fingerprint density at radius 1 is 1.16 bits per heavy atom. The summed E-state index contributed by atoms with van der Waals surface area (Å²) in [6, 6.07) is 12.4. The van der Waals surface area contributed by atoms with Crippen molar-refractivity contribution >= 4 is 5.91 Å². The summed E-state index contributed by atoms with van der Waals surface area (Å²) in [5.41, 5.74) is 5.01. The van der Waals surface area contributed by atoms with E-state index in [-0.39, 0.29) is 18.1 Å². The molecular weight excluding hydrogens is 400 g/mol. The molecule has 2 saturated heterocycles. The summed E-state index contributed by atoms with van der Waals surface area (Å²) in [5.74, 6) is 0.628. The molecule has 2 aliphatic heterocycles. The van der Waals surface area contributed by atoms with E-state index in [0.29, 0.717) is 18.2 Å². The summed E-state index contributed by atoms with van der Waals surface area (Å²) in [5, 5.41) is 0. The molecule has 0 spiro atoms. The van der Waals surface area contributed by atoms with E-state index in [9.17, 15) is 4.79 Å². The van der Waals surface area contributed by atoms with Crippen molar-refractivity contribution in [1.82, 2.24) is 19.4 Å². The molecule has 3 atom stereocenters. The van der Waals surface area contributed by atoms with Crippen LogP contribution in [0, 0.1) is 12.8 Å². The second-order valence-corrected chi connectivity index (χ2v) is 8.94.